The number of nitrogens with two attached hydrogens (primary N) is 1. The van der Waals surface area contributed by atoms with E-state index >= 15 is 0 Å². The SMILES string of the molecule is CC(C)[C@H](O)[C@H](N)c1ccccc1OC(F)(F)F.Cl. The molecule has 0 aliphatic rings. The van der Waals surface area contributed by atoms with Gasteiger partial charge in [-0.3, -0.25) is 0 Å². The highest BCUT2D eigenvalue weighted by Crippen LogP contribution is 2.31. The van der Waals surface area contributed by atoms with Crippen LogP contribution in [0.2, 0.25) is 0 Å². The fourth-order valence-electron chi connectivity index (χ4n) is 1.57. The predicted octanol–water partition coefficient (Wildman–Crippen LogP) is 3.02. The molecule has 19 heavy (non-hydrogen) atoms. The van der Waals surface area contributed by atoms with E-state index in [-0.39, 0.29) is 29.6 Å². The van der Waals surface area contributed by atoms with Crippen molar-refractivity contribution in [1.29, 1.82) is 0 Å². The molecule has 0 amide bonds. The third kappa shape index (κ3) is 5.26. The summed E-state index contributed by atoms with van der Waals surface area (Å²) in [5.74, 6) is -0.545. The summed E-state index contributed by atoms with van der Waals surface area (Å²) in [4.78, 5) is 0. The molecule has 0 radical (unpaired) electrons. The summed E-state index contributed by atoms with van der Waals surface area (Å²) in [5.41, 5.74) is 5.90. The summed E-state index contributed by atoms with van der Waals surface area (Å²) in [7, 11) is 0. The lowest BCUT2D eigenvalue weighted by molar-refractivity contribution is -0.275. The Kier molecular flexibility index (Phi) is 6.62. The molecule has 0 bridgehead atoms. The minimum Gasteiger partial charge on any atom is -0.405 e. The van der Waals surface area contributed by atoms with Crippen molar-refractivity contribution >= 4 is 12.4 Å². The second-order valence-corrected chi connectivity index (χ2v) is 4.35. The van der Waals surface area contributed by atoms with E-state index in [4.69, 9.17) is 5.73 Å². The normalized spacial score (nSPS) is 14.7. The lowest BCUT2D eigenvalue weighted by Crippen LogP contribution is -2.31. The van der Waals surface area contributed by atoms with Crippen molar-refractivity contribution in [1.82, 2.24) is 0 Å². The van der Waals surface area contributed by atoms with Gasteiger partial charge in [-0.25, -0.2) is 0 Å². The Morgan fingerprint density at radius 3 is 2.21 bits per heavy atom. The summed E-state index contributed by atoms with van der Waals surface area (Å²) in [5, 5.41) is 9.81. The average Bonchev–Trinajstić information content (AvgIpc) is 2.25. The van der Waals surface area contributed by atoms with Gasteiger partial charge in [0.25, 0.3) is 0 Å². The second kappa shape index (κ2) is 6.98. The van der Waals surface area contributed by atoms with E-state index in [1.54, 1.807) is 19.9 Å². The molecule has 0 heterocycles. The van der Waals surface area contributed by atoms with E-state index in [1.165, 1.54) is 18.2 Å². The van der Waals surface area contributed by atoms with Gasteiger partial charge in [-0.05, 0) is 12.0 Å². The van der Waals surface area contributed by atoms with Crippen molar-refractivity contribution in [2.24, 2.45) is 11.7 Å². The van der Waals surface area contributed by atoms with Gasteiger partial charge < -0.3 is 15.6 Å². The van der Waals surface area contributed by atoms with Crippen LogP contribution in [-0.4, -0.2) is 17.6 Å². The van der Waals surface area contributed by atoms with E-state index < -0.39 is 18.5 Å². The molecule has 0 fully saturated rings. The lowest BCUT2D eigenvalue weighted by atomic mass is 9.94. The first-order valence-corrected chi connectivity index (χ1v) is 5.50. The third-order valence-corrected chi connectivity index (χ3v) is 2.55. The van der Waals surface area contributed by atoms with Crippen LogP contribution in [0.25, 0.3) is 0 Å². The van der Waals surface area contributed by atoms with Crippen molar-refractivity contribution in [3.05, 3.63) is 29.8 Å². The zero-order chi connectivity index (χ0) is 13.9. The maximum atomic E-state index is 12.2. The van der Waals surface area contributed by atoms with Crippen molar-refractivity contribution in [3.8, 4) is 5.75 Å². The highest BCUT2D eigenvalue weighted by atomic mass is 35.5. The number of hydrogen-bond acceptors (Lipinski definition) is 3. The zero-order valence-corrected chi connectivity index (χ0v) is 11.3. The summed E-state index contributed by atoms with van der Waals surface area (Å²) in [6.07, 6.45) is -5.72. The maximum absolute atomic E-state index is 12.2. The molecule has 1 rings (SSSR count). The summed E-state index contributed by atoms with van der Waals surface area (Å²) >= 11 is 0. The average molecular weight is 300 g/mol. The molecule has 0 saturated carbocycles. The molecule has 0 spiro atoms. The minimum atomic E-state index is -4.78. The fourth-order valence-corrected chi connectivity index (χ4v) is 1.57. The zero-order valence-electron chi connectivity index (χ0n) is 10.5. The first-order valence-electron chi connectivity index (χ1n) is 5.50. The van der Waals surface area contributed by atoms with Gasteiger partial charge in [-0.2, -0.15) is 0 Å². The first-order chi connectivity index (χ1) is 8.22. The Hall–Kier alpha value is -0.980. The van der Waals surface area contributed by atoms with E-state index in [2.05, 4.69) is 4.74 Å². The van der Waals surface area contributed by atoms with Gasteiger partial charge in [0.1, 0.15) is 5.75 Å². The molecule has 3 N–H and O–H groups in total. The van der Waals surface area contributed by atoms with Crippen molar-refractivity contribution < 1.29 is 23.0 Å². The van der Waals surface area contributed by atoms with E-state index in [0.717, 1.165) is 0 Å². The van der Waals surface area contributed by atoms with E-state index in [1.807, 2.05) is 0 Å². The lowest BCUT2D eigenvalue weighted by Gasteiger charge is -2.24. The Balaban J connectivity index is 0.00000324. The van der Waals surface area contributed by atoms with Crippen LogP contribution in [0.3, 0.4) is 0 Å². The molecule has 0 unspecified atom stereocenters. The number of halogens is 4. The maximum Gasteiger partial charge on any atom is 0.573 e. The summed E-state index contributed by atoms with van der Waals surface area (Å²) in [6, 6.07) is 4.63. The summed E-state index contributed by atoms with van der Waals surface area (Å²) in [6.45, 7) is 3.47. The van der Waals surface area contributed by atoms with Crippen molar-refractivity contribution in [2.45, 2.75) is 32.4 Å². The van der Waals surface area contributed by atoms with Crippen LogP contribution in [-0.2, 0) is 0 Å². The Bertz CT molecular complexity index is 399. The molecule has 2 atom stereocenters. The Morgan fingerprint density at radius 2 is 1.74 bits per heavy atom. The van der Waals surface area contributed by atoms with Crippen LogP contribution in [0.4, 0.5) is 13.2 Å². The van der Waals surface area contributed by atoms with Gasteiger partial charge in [-0.15, -0.1) is 25.6 Å². The fraction of sp³-hybridized carbons (Fsp3) is 0.500. The predicted molar refractivity (Wildman–Crippen MR) is 68.1 cm³/mol. The molecular weight excluding hydrogens is 283 g/mol. The van der Waals surface area contributed by atoms with Crippen LogP contribution in [0, 0.1) is 5.92 Å². The molecular formula is C12H17ClF3NO2. The number of hydrogen-bond donors (Lipinski definition) is 2. The summed E-state index contributed by atoms with van der Waals surface area (Å²) < 4.78 is 40.5. The standard InChI is InChI=1S/C12H16F3NO2.ClH/c1-7(2)11(17)10(16)8-5-3-4-6-9(8)18-12(13,14)15;/h3-7,10-11,17H,16H2,1-2H3;1H/t10-,11+;/m1./s1. The largest absolute Gasteiger partial charge is 0.573 e. The number of para-hydroxylation sites is 1. The van der Waals surface area contributed by atoms with E-state index in [9.17, 15) is 18.3 Å². The van der Waals surface area contributed by atoms with Crippen LogP contribution in [0.15, 0.2) is 24.3 Å². The van der Waals surface area contributed by atoms with Gasteiger partial charge in [-0.1, -0.05) is 32.0 Å². The highest BCUT2D eigenvalue weighted by Gasteiger charge is 2.33. The van der Waals surface area contributed by atoms with Crippen LogP contribution >= 0.6 is 12.4 Å². The van der Waals surface area contributed by atoms with Gasteiger partial charge >= 0.3 is 6.36 Å². The molecule has 0 aromatic heterocycles. The van der Waals surface area contributed by atoms with Crippen molar-refractivity contribution in [2.75, 3.05) is 0 Å². The molecule has 1 aromatic carbocycles. The topological polar surface area (TPSA) is 55.5 Å². The number of ether oxygens (including phenoxy) is 1. The van der Waals surface area contributed by atoms with Crippen LogP contribution in [0.1, 0.15) is 25.5 Å². The third-order valence-electron chi connectivity index (χ3n) is 2.55. The van der Waals surface area contributed by atoms with Gasteiger partial charge in [0, 0.05) is 5.56 Å². The molecule has 0 aliphatic heterocycles. The smallest absolute Gasteiger partial charge is 0.405 e. The minimum absolute atomic E-state index is 0. The molecule has 1 aromatic rings. The molecule has 7 heteroatoms. The second-order valence-electron chi connectivity index (χ2n) is 4.35. The van der Waals surface area contributed by atoms with Crippen molar-refractivity contribution in [3.63, 3.8) is 0 Å². The number of aliphatic hydroxyl groups excluding tert-OH is 1. The molecule has 3 nitrogen and oxygen atoms in total. The number of benzene rings is 1. The Labute approximate surface area is 116 Å². The van der Waals surface area contributed by atoms with Gasteiger partial charge in [0.2, 0.25) is 0 Å². The number of rotatable bonds is 4. The van der Waals surface area contributed by atoms with Gasteiger partial charge in [0.15, 0.2) is 0 Å². The monoisotopic (exact) mass is 299 g/mol. The molecule has 110 valence electrons. The number of aliphatic hydroxyl groups is 1. The Morgan fingerprint density at radius 1 is 1.21 bits per heavy atom. The van der Waals surface area contributed by atoms with Gasteiger partial charge in [0.05, 0.1) is 12.1 Å². The highest BCUT2D eigenvalue weighted by molar-refractivity contribution is 5.85. The quantitative estimate of drug-likeness (QED) is 0.898. The molecule has 0 aliphatic carbocycles. The van der Waals surface area contributed by atoms with Crippen LogP contribution in [0.5, 0.6) is 5.75 Å². The van der Waals surface area contributed by atoms with Crippen LogP contribution < -0.4 is 10.5 Å². The van der Waals surface area contributed by atoms with E-state index in [0.29, 0.717) is 0 Å². The number of alkyl halides is 3. The first kappa shape index (κ1) is 18.0. The molecule has 0 saturated heterocycles.